The molecule has 0 unspecified atom stereocenters. The first-order valence-corrected chi connectivity index (χ1v) is 12.0. The summed E-state index contributed by atoms with van der Waals surface area (Å²) in [5.41, 5.74) is 4.46. The van der Waals surface area contributed by atoms with E-state index in [-0.39, 0.29) is 12.4 Å². The van der Waals surface area contributed by atoms with Crippen LogP contribution < -0.4 is 9.47 Å². The average molecular weight is 511 g/mol. The summed E-state index contributed by atoms with van der Waals surface area (Å²) in [4.78, 5) is 11.3. The molecule has 0 saturated heterocycles. The zero-order valence-corrected chi connectivity index (χ0v) is 21.2. The van der Waals surface area contributed by atoms with Gasteiger partial charge in [0.1, 0.15) is 30.5 Å². The summed E-state index contributed by atoms with van der Waals surface area (Å²) in [6.07, 6.45) is 5.55. The molecule has 0 N–H and O–H groups in total. The van der Waals surface area contributed by atoms with Crippen LogP contribution in [0, 0.1) is 24.6 Å². The average Bonchev–Trinajstić information content (AvgIpc) is 3.45. The Labute approximate surface area is 221 Å². The number of aromatic nitrogens is 2. The molecule has 0 spiro atoms. The summed E-state index contributed by atoms with van der Waals surface area (Å²) in [5, 5.41) is 4.15. The highest BCUT2D eigenvalue weighted by Gasteiger charge is 2.08. The van der Waals surface area contributed by atoms with Crippen LogP contribution >= 0.6 is 0 Å². The number of halogens is 1. The molecule has 0 saturated carbocycles. The molecule has 0 amide bonds. The molecule has 4 rings (SSSR count). The Morgan fingerprint density at radius 1 is 1.03 bits per heavy atom. The first-order chi connectivity index (χ1) is 18.5. The fourth-order valence-corrected chi connectivity index (χ4v) is 3.67. The van der Waals surface area contributed by atoms with Crippen LogP contribution in [0.1, 0.15) is 22.3 Å². The van der Waals surface area contributed by atoms with E-state index in [1.54, 1.807) is 35.1 Å². The van der Waals surface area contributed by atoms with E-state index in [2.05, 4.69) is 21.7 Å². The van der Waals surface area contributed by atoms with Crippen LogP contribution in [0.25, 0.3) is 5.57 Å². The van der Waals surface area contributed by atoms with E-state index in [0.717, 1.165) is 27.8 Å². The predicted octanol–water partition coefficient (Wildman–Crippen LogP) is 5.44. The summed E-state index contributed by atoms with van der Waals surface area (Å²) in [6.45, 7) is 2.53. The van der Waals surface area contributed by atoms with Gasteiger partial charge in [0.05, 0.1) is 7.11 Å². The van der Waals surface area contributed by atoms with Gasteiger partial charge in [-0.05, 0) is 83.8 Å². The molecule has 0 fully saturated rings. The standard InChI is InChI=1S/C31H27FN2O4/c1-23-21-28(14-15-30(23)38-22-31(35)36-2)37-20-16-29(26-10-12-27(32)13-11-26)25-8-6-24(7-9-25)5-3-18-34-19-4-17-33-34/h4,6-17,19,21H,18,20,22H2,1-2H3. The quantitative estimate of drug-likeness (QED) is 0.222. The van der Waals surface area contributed by atoms with Crippen LogP contribution in [-0.4, -0.2) is 36.1 Å². The number of carbonyl (C=O) groups is 1. The fourth-order valence-electron chi connectivity index (χ4n) is 3.67. The number of methoxy groups -OCH3 is 1. The third-order valence-corrected chi connectivity index (χ3v) is 5.64. The molecular weight excluding hydrogens is 483 g/mol. The van der Waals surface area contributed by atoms with Crippen LogP contribution in [0.2, 0.25) is 0 Å². The van der Waals surface area contributed by atoms with Crippen molar-refractivity contribution in [1.29, 1.82) is 0 Å². The summed E-state index contributed by atoms with van der Waals surface area (Å²) >= 11 is 0. The van der Waals surface area contributed by atoms with Crippen molar-refractivity contribution in [3.05, 3.63) is 119 Å². The second kappa shape index (κ2) is 12.9. The Hall–Kier alpha value is -4.83. The summed E-state index contributed by atoms with van der Waals surface area (Å²) in [6, 6.07) is 21.5. The summed E-state index contributed by atoms with van der Waals surface area (Å²) in [5.74, 6) is 6.76. The second-order valence-corrected chi connectivity index (χ2v) is 8.31. The van der Waals surface area contributed by atoms with E-state index in [1.807, 2.05) is 55.6 Å². The van der Waals surface area contributed by atoms with Gasteiger partial charge in [0.2, 0.25) is 0 Å². The number of rotatable bonds is 9. The fraction of sp³-hybridized carbons (Fsp3) is 0.161. The third-order valence-electron chi connectivity index (χ3n) is 5.64. The molecule has 192 valence electrons. The lowest BCUT2D eigenvalue weighted by atomic mass is 9.96. The van der Waals surface area contributed by atoms with E-state index in [0.29, 0.717) is 24.7 Å². The highest BCUT2D eigenvalue weighted by Crippen LogP contribution is 2.26. The van der Waals surface area contributed by atoms with Crippen LogP contribution in [0.3, 0.4) is 0 Å². The topological polar surface area (TPSA) is 62.6 Å². The predicted molar refractivity (Wildman–Crippen MR) is 143 cm³/mol. The van der Waals surface area contributed by atoms with E-state index >= 15 is 0 Å². The largest absolute Gasteiger partial charge is 0.489 e. The second-order valence-electron chi connectivity index (χ2n) is 8.31. The number of hydrogen-bond donors (Lipinski definition) is 0. The van der Waals surface area contributed by atoms with Gasteiger partial charge in [0.25, 0.3) is 0 Å². The Morgan fingerprint density at radius 2 is 1.76 bits per heavy atom. The SMILES string of the molecule is COC(=O)COc1ccc(OCC=C(c2ccc(F)cc2)c2ccc(C#CCn3cccn3)cc2)cc1C. The van der Waals surface area contributed by atoms with Gasteiger partial charge < -0.3 is 14.2 Å². The van der Waals surface area contributed by atoms with Gasteiger partial charge in [-0.15, -0.1) is 0 Å². The first kappa shape index (κ1) is 26.2. The number of hydrogen-bond acceptors (Lipinski definition) is 5. The molecule has 7 heteroatoms. The Morgan fingerprint density at radius 3 is 2.42 bits per heavy atom. The van der Waals surface area contributed by atoms with Crippen molar-refractivity contribution in [2.24, 2.45) is 0 Å². The monoisotopic (exact) mass is 510 g/mol. The van der Waals surface area contributed by atoms with Crippen LogP contribution in [0.4, 0.5) is 4.39 Å². The van der Waals surface area contributed by atoms with Gasteiger partial charge in [-0.25, -0.2) is 9.18 Å². The van der Waals surface area contributed by atoms with E-state index in [1.165, 1.54) is 19.2 Å². The molecule has 0 atom stereocenters. The number of benzene rings is 3. The molecule has 3 aromatic carbocycles. The Bertz CT molecular complexity index is 1450. The minimum atomic E-state index is -0.447. The minimum absolute atomic E-state index is 0.157. The maximum Gasteiger partial charge on any atom is 0.343 e. The third kappa shape index (κ3) is 7.34. The van der Waals surface area contributed by atoms with Crippen LogP contribution in [0.5, 0.6) is 11.5 Å². The van der Waals surface area contributed by atoms with Gasteiger partial charge in [0.15, 0.2) is 6.61 Å². The smallest absolute Gasteiger partial charge is 0.343 e. The van der Waals surface area contributed by atoms with Crippen molar-refractivity contribution in [3.63, 3.8) is 0 Å². The molecule has 0 radical (unpaired) electrons. The summed E-state index contributed by atoms with van der Waals surface area (Å²) in [7, 11) is 1.32. The summed E-state index contributed by atoms with van der Waals surface area (Å²) < 4.78 is 31.4. The van der Waals surface area contributed by atoms with E-state index in [4.69, 9.17) is 9.47 Å². The van der Waals surface area contributed by atoms with Crippen molar-refractivity contribution in [2.75, 3.05) is 20.3 Å². The maximum absolute atomic E-state index is 13.6. The van der Waals surface area contributed by atoms with Gasteiger partial charge in [0, 0.05) is 18.0 Å². The zero-order valence-electron chi connectivity index (χ0n) is 21.2. The minimum Gasteiger partial charge on any atom is -0.489 e. The number of nitrogens with zero attached hydrogens (tertiary/aromatic N) is 2. The maximum atomic E-state index is 13.6. The number of aryl methyl sites for hydroxylation is 1. The lowest BCUT2D eigenvalue weighted by Gasteiger charge is -2.12. The molecule has 0 bridgehead atoms. The van der Waals surface area contributed by atoms with Crippen molar-refractivity contribution in [3.8, 4) is 23.3 Å². The molecule has 0 aliphatic carbocycles. The van der Waals surface area contributed by atoms with Crippen molar-refractivity contribution in [1.82, 2.24) is 9.78 Å². The number of ether oxygens (including phenoxy) is 3. The van der Waals surface area contributed by atoms with Crippen LogP contribution in [-0.2, 0) is 16.1 Å². The van der Waals surface area contributed by atoms with Crippen molar-refractivity contribution < 1.29 is 23.4 Å². The zero-order chi connectivity index (χ0) is 26.7. The van der Waals surface area contributed by atoms with Gasteiger partial charge in [-0.1, -0.05) is 36.1 Å². The highest BCUT2D eigenvalue weighted by atomic mass is 19.1. The Balaban J connectivity index is 1.48. The van der Waals surface area contributed by atoms with E-state index in [9.17, 15) is 9.18 Å². The molecule has 38 heavy (non-hydrogen) atoms. The van der Waals surface area contributed by atoms with Gasteiger partial charge >= 0.3 is 5.97 Å². The van der Waals surface area contributed by atoms with Crippen molar-refractivity contribution in [2.45, 2.75) is 13.5 Å². The molecule has 1 aromatic heterocycles. The van der Waals surface area contributed by atoms with Gasteiger partial charge in [-0.3, -0.25) is 4.68 Å². The number of carbonyl (C=O) groups excluding carboxylic acids is 1. The molecule has 0 aliphatic heterocycles. The first-order valence-electron chi connectivity index (χ1n) is 12.0. The lowest BCUT2D eigenvalue weighted by molar-refractivity contribution is -0.142. The van der Waals surface area contributed by atoms with Crippen molar-refractivity contribution >= 4 is 11.5 Å². The lowest BCUT2D eigenvalue weighted by Crippen LogP contribution is -2.13. The molecule has 4 aromatic rings. The van der Waals surface area contributed by atoms with E-state index < -0.39 is 5.97 Å². The number of esters is 1. The molecule has 0 aliphatic rings. The molecule has 1 heterocycles. The van der Waals surface area contributed by atoms with Crippen LogP contribution in [0.15, 0.2) is 91.3 Å². The molecule has 6 nitrogen and oxygen atoms in total. The van der Waals surface area contributed by atoms with Gasteiger partial charge in [-0.2, -0.15) is 5.10 Å². The normalized spacial score (nSPS) is 10.9. The Kier molecular flexibility index (Phi) is 8.93. The molecular formula is C31H27FN2O4. The highest BCUT2D eigenvalue weighted by molar-refractivity contribution is 5.80.